The van der Waals surface area contributed by atoms with Gasteiger partial charge in [0.05, 0.1) is 26.2 Å². The number of carbonyl (C=O) groups is 1. The van der Waals surface area contributed by atoms with Gasteiger partial charge in [0.2, 0.25) is 10.0 Å². The van der Waals surface area contributed by atoms with Crippen molar-refractivity contribution in [1.82, 2.24) is 5.32 Å². The maximum absolute atomic E-state index is 12.3. The summed E-state index contributed by atoms with van der Waals surface area (Å²) in [6.45, 7) is 0.368. The van der Waals surface area contributed by atoms with E-state index in [-0.39, 0.29) is 47.1 Å². The topological polar surface area (TPSA) is 120 Å². The van der Waals surface area contributed by atoms with Crippen LogP contribution in [0.25, 0.3) is 0 Å². The fourth-order valence-electron chi connectivity index (χ4n) is 2.37. The van der Waals surface area contributed by atoms with Crippen molar-refractivity contribution < 1.29 is 22.7 Å². The van der Waals surface area contributed by atoms with E-state index in [4.69, 9.17) is 15.2 Å². The first-order valence-corrected chi connectivity index (χ1v) is 9.42. The summed E-state index contributed by atoms with van der Waals surface area (Å²) in [5, 5.41) is 2.76. The number of hydrogen-bond acceptors (Lipinski definition) is 6. The Morgan fingerprint density at radius 2 is 1.96 bits per heavy atom. The van der Waals surface area contributed by atoms with Crippen LogP contribution in [0.1, 0.15) is 23.2 Å². The van der Waals surface area contributed by atoms with Gasteiger partial charge in [0.1, 0.15) is 0 Å². The molecule has 0 radical (unpaired) electrons. The number of ether oxygens (including phenoxy) is 2. The first-order valence-electron chi connectivity index (χ1n) is 7.52. The predicted octanol–water partition coefficient (Wildman–Crippen LogP) is 0.964. The van der Waals surface area contributed by atoms with Crippen molar-refractivity contribution in [2.45, 2.75) is 18.9 Å². The van der Waals surface area contributed by atoms with E-state index in [9.17, 15) is 13.2 Å². The van der Waals surface area contributed by atoms with Crippen molar-refractivity contribution in [3.63, 3.8) is 0 Å². The Morgan fingerprint density at radius 1 is 1.32 bits per heavy atom. The van der Waals surface area contributed by atoms with Crippen molar-refractivity contribution in [2.24, 2.45) is 11.7 Å². The molecule has 1 aliphatic carbocycles. The molecule has 4 N–H and O–H groups in total. The van der Waals surface area contributed by atoms with E-state index in [2.05, 4.69) is 10.0 Å². The molecule has 1 aliphatic rings. The molecule has 1 atom stereocenters. The minimum atomic E-state index is -3.54. The Labute approximate surface area is 153 Å². The maximum atomic E-state index is 12.3. The Balaban J connectivity index is 0.00000312. The second kappa shape index (κ2) is 8.59. The van der Waals surface area contributed by atoms with Crippen LogP contribution in [0.4, 0.5) is 5.69 Å². The van der Waals surface area contributed by atoms with Crippen LogP contribution in [0.2, 0.25) is 0 Å². The van der Waals surface area contributed by atoms with E-state index < -0.39 is 10.0 Å². The molecular formula is C15H24ClN3O5S. The smallest absolute Gasteiger partial charge is 0.251 e. The molecule has 0 aromatic heterocycles. The van der Waals surface area contributed by atoms with Crippen molar-refractivity contribution in [3.05, 3.63) is 17.7 Å². The fourth-order valence-corrected chi connectivity index (χ4v) is 2.93. The minimum absolute atomic E-state index is 0. The third-order valence-electron chi connectivity index (χ3n) is 3.76. The highest BCUT2D eigenvalue weighted by atomic mass is 35.5. The highest BCUT2D eigenvalue weighted by Crippen LogP contribution is 2.37. The minimum Gasteiger partial charge on any atom is -0.493 e. The number of hydrogen-bond donors (Lipinski definition) is 3. The van der Waals surface area contributed by atoms with E-state index in [1.165, 1.54) is 26.4 Å². The Hall–Kier alpha value is -1.71. The quantitative estimate of drug-likeness (QED) is 0.605. The molecule has 1 aromatic rings. The summed E-state index contributed by atoms with van der Waals surface area (Å²) in [6.07, 6.45) is 3.20. The molecule has 1 saturated carbocycles. The predicted molar refractivity (Wildman–Crippen MR) is 98.3 cm³/mol. The number of nitrogens with one attached hydrogen (secondary N) is 2. The van der Waals surface area contributed by atoms with Crippen LogP contribution in [0, 0.1) is 5.92 Å². The van der Waals surface area contributed by atoms with E-state index in [0.717, 1.165) is 19.1 Å². The van der Waals surface area contributed by atoms with Gasteiger partial charge in [0.25, 0.3) is 5.91 Å². The van der Waals surface area contributed by atoms with Crippen LogP contribution in [0.15, 0.2) is 12.1 Å². The second-order valence-electron chi connectivity index (χ2n) is 5.84. The van der Waals surface area contributed by atoms with Gasteiger partial charge in [-0.3, -0.25) is 9.52 Å². The van der Waals surface area contributed by atoms with Gasteiger partial charge < -0.3 is 20.5 Å². The Kier molecular flexibility index (Phi) is 7.33. The van der Waals surface area contributed by atoms with Gasteiger partial charge >= 0.3 is 0 Å². The molecule has 2 rings (SSSR count). The molecule has 1 unspecified atom stereocenters. The summed E-state index contributed by atoms with van der Waals surface area (Å²) in [5.74, 6) is 0.568. The van der Waals surface area contributed by atoms with Gasteiger partial charge in [-0.25, -0.2) is 8.42 Å². The molecule has 25 heavy (non-hydrogen) atoms. The monoisotopic (exact) mass is 393 g/mol. The zero-order valence-electron chi connectivity index (χ0n) is 14.4. The number of nitrogens with two attached hydrogens (primary N) is 1. The number of methoxy groups -OCH3 is 2. The van der Waals surface area contributed by atoms with Gasteiger partial charge in [0.15, 0.2) is 11.5 Å². The van der Waals surface area contributed by atoms with Gasteiger partial charge in [-0.05, 0) is 30.9 Å². The molecule has 1 aromatic carbocycles. The molecule has 8 nitrogen and oxygen atoms in total. The summed E-state index contributed by atoms with van der Waals surface area (Å²) in [7, 11) is -0.745. The number of anilines is 1. The number of halogens is 1. The summed E-state index contributed by atoms with van der Waals surface area (Å²) in [5.41, 5.74) is 6.36. The van der Waals surface area contributed by atoms with Crippen LogP contribution < -0.4 is 25.2 Å². The molecule has 0 spiro atoms. The lowest BCUT2D eigenvalue weighted by Gasteiger charge is -2.16. The maximum Gasteiger partial charge on any atom is 0.251 e. The van der Waals surface area contributed by atoms with E-state index in [1.54, 1.807) is 0 Å². The first-order chi connectivity index (χ1) is 11.2. The highest BCUT2D eigenvalue weighted by Gasteiger charge is 2.28. The molecular weight excluding hydrogens is 370 g/mol. The molecule has 0 heterocycles. The summed E-state index contributed by atoms with van der Waals surface area (Å²) < 4.78 is 35.7. The van der Waals surface area contributed by atoms with Gasteiger partial charge in [-0.1, -0.05) is 0 Å². The van der Waals surface area contributed by atoms with Crippen LogP contribution in [-0.2, 0) is 10.0 Å². The number of carbonyl (C=O) groups excluding carboxylic acids is 1. The number of sulfonamides is 1. The molecule has 1 amide bonds. The highest BCUT2D eigenvalue weighted by molar-refractivity contribution is 7.92. The molecule has 0 bridgehead atoms. The van der Waals surface area contributed by atoms with Crippen LogP contribution in [-0.4, -0.2) is 47.4 Å². The molecule has 142 valence electrons. The van der Waals surface area contributed by atoms with Gasteiger partial charge in [0, 0.05) is 18.2 Å². The van der Waals surface area contributed by atoms with Crippen molar-refractivity contribution in [3.8, 4) is 11.5 Å². The average molecular weight is 394 g/mol. The average Bonchev–Trinajstić information content (AvgIpc) is 3.34. The number of amides is 1. The lowest BCUT2D eigenvalue weighted by Crippen LogP contribution is -2.38. The van der Waals surface area contributed by atoms with Crippen LogP contribution in [0.5, 0.6) is 11.5 Å². The Bertz CT molecular complexity index is 722. The lowest BCUT2D eigenvalue weighted by molar-refractivity contribution is 0.0950. The summed E-state index contributed by atoms with van der Waals surface area (Å²) in [4.78, 5) is 12.3. The zero-order chi connectivity index (χ0) is 17.9. The van der Waals surface area contributed by atoms with Crippen molar-refractivity contribution >= 4 is 34.0 Å². The molecule has 1 fully saturated rings. The third kappa shape index (κ3) is 5.94. The molecule has 10 heteroatoms. The molecule has 0 aliphatic heterocycles. The zero-order valence-corrected chi connectivity index (χ0v) is 16.0. The van der Waals surface area contributed by atoms with E-state index in [1.807, 2.05) is 0 Å². The van der Waals surface area contributed by atoms with Crippen LogP contribution in [0.3, 0.4) is 0 Å². The van der Waals surface area contributed by atoms with Crippen molar-refractivity contribution in [2.75, 3.05) is 31.7 Å². The number of benzene rings is 1. The van der Waals surface area contributed by atoms with Gasteiger partial charge in [-0.2, -0.15) is 0 Å². The standard InChI is InChI=1S/C15H23N3O5S.ClH/c1-22-13-7-10(15(19)17-8-11(16)9-4-5-9)6-12(14(13)23-2)18-24(3,20)21;/h6-7,9,11,18H,4-5,8,16H2,1-3H3,(H,17,19);1H. The normalized spacial score (nSPS) is 14.9. The van der Waals surface area contributed by atoms with Crippen molar-refractivity contribution in [1.29, 1.82) is 0 Å². The largest absolute Gasteiger partial charge is 0.493 e. The van der Waals surface area contributed by atoms with Gasteiger partial charge in [-0.15, -0.1) is 12.4 Å². The lowest BCUT2D eigenvalue weighted by atomic mass is 10.1. The Morgan fingerprint density at radius 3 is 2.44 bits per heavy atom. The van der Waals surface area contributed by atoms with E-state index >= 15 is 0 Å². The van der Waals surface area contributed by atoms with E-state index in [0.29, 0.717) is 12.5 Å². The SMILES string of the molecule is COc1cc(C(=O)NCC(N)C2CC2)cc(NS(C)(=O)=O)c1OC.Cl. The summed E-state index contributed by atoms with van der Waals surface area (Å²) >= 11 is 0. The summed E-state index contributed by atoms with van der Waals surface area (Å²) in [6, 6.07) is 2.83. The number of rotatable bonds is 8. The fraction of sp³-hybridized carbons (Fsp3) is 0.533. The third-order valence-corrected chi connectivity index (χ3v) is 4.35. The molecule has 0 saturated heterocycles. The first kappa shape index (κ1) is 21.3. The van der Waals surface area contributed by atoms with Crippen LogP contribution >= 0.6 is 12.4 Å². The second-order valence-corrected chi connectivity index (χ2v) is 7.59.